The molecule has 1 saturated heterocycles. The largest absolute Gasteiger partial charge is 0.338 e. The number of halogens is 1. The lowest BCUT2D eigenvalue weighted by molar-refractivity contribution is -0.385. The van der Waals surface area contributed by atoms with Gasteiger partial charge in [0.1, 0.15) is 0 Å². The maximum atomic E-state index is 12.7. The summed E-state index contributed by atoms with van der Waals surface area (Å²) >= 11 is 3.41. The van der Waals surface area contributed by atoms with Crippen molar-refractivity contribution in [2.45, 2.75) is 26.3 Å². The van der Waals surface area contributed by atoms with Gasteiger partial charge in [0.25, 0.3) is 5.69 Å². The molecule has 0 saturated carbocycles. The van der Waals surface area contributed by atoms with Crippen molar-refractivity contribution in [2.75, 3.05) is 18.4 Å². The molecule has 2 heterocycles. The molecular weight excluding hydrogens is 478 g/mol. The number of piperidine rings is 1. The Morgan fingerprint density at radius 3 is 2.66 bits per heavy atom. The molecule has 2 aromatic carbocycles. The lowest BCUT2D eigenvalue weighted by Gasteiger charge is -2.30. The Kier molecular flexibility index (Phi) is 6.61. The van der Waals surface area contributed by atoms with E-state index in [9.17, 15) is 14.9 Å². The Bertz CT molecular complexity index is 1120. The van der Waals surface area contributed by atoms with Gasteiger partial charge in [-0.25, -0.2) is 0 Å². The summed E-state index contributed by atoms with van der Waals surface area (Å²) in [6.07, 6.45) is 1.38. The molecule has 4 rings (SSSR count). The first kappa shape index (κ1) is 22.1. The smallest absolute Gasteiger partial charge is 0.274 e. The maximum Gasteiger partial charge on any atom is 0.274 e. The van der Waals surface area contributed by atoms with Crippen LogP contribution in [0.25, 0.3) is 11.4 Å². The van der Waals surface area contributed by atoms with E-state index in [0.717, 1.165) is 23.1 Å². The van der Waals surface area contributed by atoms with Crippen LogP contribution in [0.5, 0.6) is 0 Å². The van der Waals surface area contributed by atoms with E-state index in [-0.39, 0.29) is 17.5 Å². The number of hydrogen-bond donors (Lipinski definition) is 1. The fourth-order valence-electron chi connectivity index (χ4n) is 3.77. The van der Waals surface area contributed by atoms with Crippen molar-refractivity contribution in [3.05, 3.63) is 68.5 Å². The average Bonchev–Trinajstić information content (AvgIpc) is 3.24. The standard InChI is InChI=1S/C22H22BrN5O4/c1-14-18(3-2-4-19(14)28(30)31)24-22(29)16-9-11-27(12-10-16)13-20-25-21(26-32-20)15-5-7-17(23)8-6-15/h2-8,16H,9-13H2,1H3,(H,24,29). The summed E-state index contributed by atoms with van der Waals surface area (Å²) in [6.45, 7) is 3.62. The monoisotopic (exact) mass is 499 g/mol. The van der Waals surface area contributed by atoms with E-state index in [1.54, 1.807) is 19.1 Å². The van der Waals surface area contributed by atoms with E-state index in [1.165, 1.54) is 6.07 Å². The second-order valence-electron chi connectivity index (χ2n) is 7.77. The molecule has 1 aliphatic rings. The zero-order valence-electron chi connectivity index (χ0n) is 17.5. The number of benzene rings is 2. The number of nitrogens with one attached hydrogen (secondary N) is 1. The lowest BCUT2D eigenvalue weighted by Crippen LogP contribution is -2.37. The zero-order valence-corrected chi connectivity index (χ0v) is 19.0. The predicted octanol–water partition coefficient (Wildman–Crippen LogP) is 4.57. The van der Waals surface area contributed by atoms with E-state index < -0.39 is 4.92 Å². The number of nitrogens with zero attached hydrogens (tertiary/aromatic N) is 4. The highest BCUT2D eigenvalue weighted by Gasteiger charge is 2.27. The number of nitro groups is 1. The molecule has 0 unspecified atom stereocenters. The molecule has 3 aromatic rings. The molecule has 0 spiro atoms. The molecule has 0 radical (unpaired) electrons. The van der Waals surface area contributed by atoms with Gasteiger partial charge in [-0.05, 0) is 63.2 Å². The van der Waals surface area contributed by atoms with Crippen LogP contribution in [0.2, 0.25) is 0 Å². The minimum Gasteiger partial charge on any atom is -0.338 e. The van der Waals surface area contributed by atoms with Crippen LogP contribution in [0.15, 0.2) is 51.5 Å². The topological polar surface area (TPSA) is 114 Å². The van der Waals surface area contributed by atoms with Crippen LogP contribution in [-0.4, -0.2) is 39.0 Å². The zero-order chi connectivity index (χ0) is 22.7. The summed E-state index contributed by atoms with van der Waals surface area (Å²) in [5.74, 6) is 0.835. The number of aromatic nitrogens is 2. The van der Waals surface area contributed by atoms with Gasteiger partial charge in [0, 0.05) is 22.0 Å². The number of amides is 1. The van der Waals surface area contributed by atoms with Gasteiger partial charge >= 0.3 is 0 Å². The quantitative estimate of drug-likeness (QED) is 0.390. The SMILES string of the molecule is Cc1c(NC(=O)C2CCN(Cc3nc(-c4ccc(Br)cc4)no3)CC2)cccc1[N+](=O)[O-]. The molecule has 1 amide bonds. The van der Waals surface area contributed by atoms with E-state index in [2.05, 4.69) is 36.3 Å². The third kappa shape index (κ3) is 5.03. The minimum atomic E-state index is -0.441. The van der Waals surface area contributed by atoms with Crippen LogP contribution in [0.1, 0.15) is 24.3 Å². The molecule has 10 heteroatoms. The highest BCUT2D eigenvalue weighted by atomic mass is 79.9. The Labute approximate surface area is 193 Å². The molecule has 166 valence electrons. The van der Waals surface area contributed by atoms with Gasteiger partial charge < -0.3 is 9.84 Å². The normalized spacial score (nSPS) is 14.9. The van der Waals surface area contributed by atoms with Crippen LogP contribution in [0, 0.1) is 23.0 Å². The third-order valence-electron chi connectivity index (χ3n) is 5.65. The molecule has 1 N–H and O–H groups in total. The van der Waals surface area contributed by atoms with Gasteiger partial charge in [0.2, 0.25) is 17.6 Å². The number of hydrogen-bond acceptors (Lipinski definition) is 7. The van der Waals surface area contributed by atoms with Gasteiger partial charge in [-0.15, -0.1) is 0 Å². The molecule has 32 heavy (non-hydrogen) atoms. The molecule has 0 bridgehead atoms. The number of rotatable bonds is 6. The van der Waals surface area contributed by atoms with E-state index >= 15 is 0 Å². The molecule has 1 fully saturated rings. The molecule has 0 atom stereocenters. The van der Waals surface area contributed by atoms with E-state index in [0.29, 0.717) is 42.4 Å². The Morgan fingerprint density at radius 2 is 1.97 bits per heavy atom. The fourth-order valence-corrected chi connectivity index (χ4v) is 4.04. The highest BCUT2D eigenvalue weighted by molar-refractivity contribution is 9.10. The van der Waals surface area contributed by atoms with Crippen molar-refractivity contribution >= 4 is 33.2 Å². The van der Waals surface area contributed by atoms with Gasteiger partial charge in [-0.2, -0.15) is 4.98 Å². The third-order valence-corrected chi connectivity index (χ3v) is 6.18. The first-order valence-electron chi connectivity index (χ1n) is 10.3. The first-order valence-corrected chi connectivity index (χ1v) is 11.1. The van der Waals surface area contributed by atoms with Crippen molar-refractivity contribution in [3.8, 4) is 11.4 Å². The van der Waals surface area contributed by atoms with Crippen molar-refractivity contribution in [2.24, 2.45) is 5.92 Å². The number of anilines is 1. The fraction of sp³-hybridized carbons (Fsp3) is 0.318. The Morgan fingerprint density at radius 1 is 1.25 bits per heavy atom. The number of nitro benzene ring substituents is 1. The summed E-state index contributed by atoms with van der Waals surface area (Å²) in [6, 6.07) is 12.4. The first-order chi connectivity index (χ1) is 15.4. The lowest BCUT2D eigenvalue weighted by atomic mass is 9.95. The van der Waals surface area contributed by atoms with Crippen molar-refractivity contribution in [1.82, 2.24) is 15.0 Å². The molecular formula is C22H22BrN5O4. The summed E-state index contributed by atoms with van der Waals surface area (Å²) in [7, 11) is 0. The van der Waals surface area contributed by atoms with Gasteiger partial charge in [-0.1, -0.05) is 27.2 Å². The van der Waals surface area contributed by atoms with Crippen LogP contribution in [0.4, 0.5) is 11.4 Å². The summed E-state index contributed by atoms with van der Waals surface area (Å²) in [5.41, 5.74) is 1.83. The van der Waals surface area contributed by atoms with Gasteiger partial charge in [-0.3, -0.25) is 19.8 Å². The van der Waals surface area contributed by atoms with Gasteiger partial charge in [0.05, 0.1) is 22.7 Å². The van der Waals surface area contributed by atoms with Crippen LogP contribution in [-0.2, 0) is 11.3 Å². The Balaban J connectivity index is 1.31. The van der Waals surface area contributed by atoms with Crippen LogP contribution >= 0.6 is 15.9 Å². The second-order valence-corrected chi connectivity index (χ2v) is 8.68. The average molecular weight is 500 g/mol. The highest BCUT2D eigenvalue weighted by Crippen LogP contribution is 2.27. The molecule has 9 nitrogen and oxygen atoms in total. The summed E-state index contributed by atoms with van der Waals surface area (Å²) < 4.78 is 6.38. The van der Waals surface area contributed by atoms with Crippen molar-refractivity contribution in [3.63, 3.8) is 0 Å². The van der Waals surface area contributed by atoms with Crippen LogP contribution < -0.4 is 5.32 Å². The van der Waals surface area contributed by atoms with Crippen molar-refractivity contribution < 1.29 is 14.2 Å². The second kappa shape index (κ2) is 9.58. The molecule has 0 aliphatic carbocycles. The van der Waals surface area contributed by atoms with Gasteiger partial charge in [0.15, 0.2) is 0 Å². The number of carbonyl (C=O) groups excluding carboxylic acids is 1. The van der Waals surface area contributed by atoms with Crippen molar-refractivity contribution in [1.29, 1.82) is 0 Å². The summed E-state index contributed by atoms with van der Waals surface area (Å²) in [4.78, 5) is 30.0. The molecule has 1 aromatic heterocycles. The Hall–Kier alpha value is -3.11. The number of carbonyl (C=O) groups is 1. The minimum absolute atomic E-state index is 0.000293. The maximum absolute atomic E-state index is 12.7. The summed E-state index contributed by atoms with van der Waals surface area (Å²) in [5, 5.41) is 18.0. The predicted molar refractivity (Wildman–Crippen MR) is 122 cm³/mol. The number of likely N-dealkylation sites (tertiary alicyclic amines) is 1. The van der Waals surface area contributed by atoms with E-state index in [1.807, 2.05) is 24.3 Å². The molecule has 1 aliphatic heterocycles. The van der Waals surface area contributed by atoms with Crippen LogP contribution in [0.3, 0.4) is 0 Å². The van der Waals surface area contributed by atoms with E-state index in [4.69, 9.17) is 4.52 Å².